The Morgan fingerprint density at radius 3 is 1.48 bits per heavy atom. The molecule has 0 spiro atoms. The molecule has 392 valence electrons. The molecule has 1 unspecified atom stereocenters. The highest BCUT2D eigenvalue weighted by Crippen LogP contribution is 2.47. The number of aryl methyl sites for hydroxylation is 1. The average molecular weight is 1030 g/mol. The highest BCUT2D eigenvalue weighted by molar-refractivity contribution is 8.77. The minimum absolute atomic E-state index is 0. The molecule has 0 aliphatic carbocycles. The van der Waals surface area contributed by atoms with E-state index in [4.69, 9.17) is 5.90 Å². The predicted octanol–water partition coefficient (Wildman–Crippen LogP) is 14.4. The number of esters is 1. The minimum Gasteiger partial charge on any atom is -0.502 e. The van der Waals surface area contributed by atoms with Gasteiger partial charge in [-0.3, -0.25) is 33.9 Å². The maximum absolute atomic E-state index is 12.6. The third-order valence-electron chi connectivity index (χ3n) is 7.66. The number of methoxy groups -OCH3 is 2. The van der Waals surface area contributed by atoms with Gasteiger partial charge in [0.15, 0.2) is 0 Å². The monoisotopic (exact) mass is 1030 g/mol. The van der Waals surface area contributed by atoms with Crippen LogP contribution in [-0.2, 0) is 39.0 Å². The maximum atomic E-state index is 12.6. The first-order valence-electron chi connectivity index (χ1n) is 21.5. The molecule has 0 aromatic heterocycles. The average Bonchev–Trinajstić information content (AvgIpc) is 3.92. The lowest BCUT2D eigenvalue weighted by Crippen LogP contribution is -2.31. The highest BCUT2D eigenvalue weighted by atomic mass is 33.1. The molecule has 3 rings (SSSR count). The molecule has 0 radical (unpaired) electrons. The van der Waals surface area contributed by atoms with Crippen molar-refractivity contribution in [1.82, 2.24) is 4.90 Å². The molecule has 1 atom stereocenters. The number of nitrogens with two attached hydrogens (primary N) is 1. The molecular formula is C50H90F3N3O7S4. The van der Waals surface area contributed by atoms with Crippen molar-refractivity contribution in [3.63, 3.8) is 0 Å². The summed E-state index contributed by atoms with van der Waals surface area (Å²) in [6, 6.07) is 6.25. The van der Waals surface area contributed by atoms with Gasteiger partial charge in [0.1, 0.15) is 5.78 Å². The van der Waals surface area contributed by atoms with Crippen molar-refractivity contribution in [2.75, 3.05) is 39.0 Å². The van der Waals surface area contributed by atoms with Crippen LogP contribution in [0.25, 0.3) is 0 Å². The molecular weight excluding hydrogens is 940 g/mol. The van der Waals surface area contributed by atoms with E-state index in [2.05, 4.69) is 94.5 Å². The fourth-order valence-electron chi connectivity index (χ4n) is 4.23. The van der Waals surface area contributed by atoms with Crippen LogP contribution in [0.15, 0.2) is 53.7 Å². The van der Waals surface area contributed by atoms with Crippen molar-refractivity contribution in [2.24, 2.45) is 27.1 Å². The molecule has 2 amide bonds. The van der Waals surface area contributed by atoms with Crippen LogP contribution in [0.3, 0.4) is 0 Å². The zero-order valence-corrected chi connectivity index (χ0v) is 47.4. The van der Waals surface area contributed by atoms with Crippen LogP contribution in [0.4, 0.5) is 13.2 Å². The molecule has 10 nitrogen and oxygen atoms in total. The summed E-state index contributed by atoms with van der Waals surface area (Å²) in [5.41, 5.74) is -1.02. The van der Waals surface area contributed by atoms with Gasteiger partial charge >= 0.3 is 12.1 Å². The number of ether oxygens (including phenoxy) is 2. The molecule has 17 heteroatoms. The quantitative estimate of drug-likeness (QED) is 0.0564. The molecule has 2 aliphatic heterocycles. The van der Waals surface area contributed by atoms with E-state index in [-0.39, 0.29) is 52.6 Å². The highest BCUT2D eigenvalue weighted by Gasteiger charge is 2.61. The number of carbonyl (C=O) groups excluding carboxylic acids is 4. The molecule has 0 saturated heterocycles. The van der Waals surface area contributed by atoms with Crippen LogP contribution in [0.1, 0.15) is 155 Å². The Bertz CT molecular complexity index is 1600. The molecule has 1 aromatic carbocycles. The fourth-order valence-corrected chi connectivity index (χ4v) is 7.45. The number of imide groups is 1. The van der Waals surface area contributed by atoms with Crippen molar-refractivity contribution in [3.05, 3.63) is 59.9 Å². The second-order valence-corrected chi connectivity index (χ2v) is 26.4. The fraction of sp³-hybridized carbons (Fsp3) is 0.700. The Hall–Kier alpha value is -2.44. The van der Waals surface area contributed by atoms with Crippen LogP contribution in [0.5, 0.6) is 0 Å². The molecule has 0 saturated carbocycles. The number of hydrogen-bond donors (Lipinski definition) is 1. The number of Topliss-reactive ketones (excluding diaryl/α,β-unsaturated/α-hetero) is 1. The zero-order chi connectivity index (χ0) is 53.0. The number of benzene rings is 1. The van der Waals surface area contributed by atoms with Crippen LogP contribution in [0, 0.1) is 23.2 Å². The maximum Gasteiger partial charge on any atom is 0.422 e. The number of allylic oxidation sites excluding steroid dienone is 1. The number of aliphatic imine (C=N–C) groups is 1. The second kappa shape index (κ2) is 34.8. The topological polar surface area (TPSA) is 138 Å². The van der Waals surface area contributed by atoms with E-state index < -0.39 is 11.7 Å². The Morgan fingerprint density at radius 1 is 0.806 bits per heavy atom. The number of ketones is 1. The SMILES string of the molecule is C.C=C(C)OC.CC(C)(C)CCCN1C(=O)C=CC1=O.CC(C)(C)ON.COC(=O)C(C)(C)C.CSSC(C)(C)C.CSSCCC(=O)CC(C)(C)C.Cc1ccc(C2(C(F)(F)F)C=N2)cc1. The van der Waals surface area contributed by atoms with Crippen molar-refractivity contribution in [1.29, 1.82) is 0 Å². The summed E-state index contributed by atoms with van der Waals surface area (Å²) in [6.07, 6.45) is 6.77. The zero-order valence-electron chi connectivity index (χ0n) is 44.1. The number of hydrogen-bond acceptors (Lipinski definition) is 13. The first-order chi connectivity index (χ1) is 29.7. The summed E-state index contributed by atoms with van der Waals surface area (Å²) in [4.78, 5) is 53.3. The van der Waals surface area contributed by atoms with Gasteiger partial charge in [-0.05, 0) is 97.1 Å². The molecule has 1 aromatic rings. The summed E-state index contributed by atoms with van der Waals surface area (Å²) < 4.78 is 47.1. The lowest BCUT2D eigenvalue weighted by atomic mass is 9.89. The van der Waals surface area contributed by atoms with Gasteiger partial charge in [-0.25, -0.2) is 5.90 Å². The molecule has 0 fully saturated rings. The summed E-state index contributed by atoms with van der Waals surface area (Å²) in [5, 5.41) is 0. The van der Waals surface area contributed by atoms with Crippen LogP contribution in [-0.4, -0.2) is 90.2 Å². The van der Waals surface area contributed by atoms with Gasteiger partial charge in [0.2, 0.25) is 5.54 Å². The smallest absolute Gasteiger partial charge is 0.422 e. The summed E-state index contributed by atoms with van der Waals surface area (Å²) in [7, 11) is 10.2. The first-order valence-corrected chi connectivity index (χ1v) is 26.8. The Kier molecular flexibility index (Phi) is 38.2. The van der Waals surface area contributed by atoms with E-state index >= 15 is 0 Å². The number of halogens is 3. The standard InChI is InChI=1S/C11H17NO2.C10H8F3N.C9H18OS2.C6H12O2.C5H12S2.C4H11NO.C4H8O.CH4/c1-11(2,3)7-4-8-12-9(13)5-6-10(12)14;1-7-2-4-8(5-3-7)9(6-14-9)10(11,12)13;1-9(2,3)7-8(10)5-6-12-11-4;1-6(2,3)5(7)8-4;1-5(2,3)7-6-4;1-4(2,3)6-5;1-4(2)5-3;/h5-6H,4,7-8H2,1-3H3;2-6H,1H3;5-7H2,1-4H3;1-4H3;1-4H3;5H2,1-3H3;1H2,2-3H3;1H4. The van der Waals surface area contributed by atoms with E-state index in [0.717, 1.165) is 42.6 Å². The van der Waals surface area contributed by atoms with Gasteiger partial charge in [-0.2, -0.15) is 13.2 Å². The third kappa shape index (κ3) is 43.3. The van der Waals surface area contributed by atoms with Gasteiger partial charge in [0, 0.05) is 48.3 Å². The van der Waals surface area contributed by atoms with Crippen molar-refractivity contribution >= 4 is 73.0 Å². The summed E-state index contributed by atoms with van der Waals surface area (Å²) in [6.45, 7) is 38.2. The van der Waals surface area contributed by atoms with Crippen molar-refractivity contribution in [3.8, 4) is 0 Å². The largest absolute Gasteiger partial charge is 0.502 e. The number of amides is 2. The number of nitrogens with zero attached hydrogens (tertiary/aromatic N) is 2. The van der Waals surface area contributed by atoms with E-state index in [1.165, 1.54) is 36.3 Å². The van der Waals surface area contributed by atoms with E-state index in [9.17, 15) is 32.3 Å². The molecule has 2 N–H and O–H groups in total. The molecule has 2 aliphatic rings. The van der Waals surface area contributed by atoms with E-state index in [1.54, 1.807) is 47.8 Å². The third-order valence-corrected chi connectivity index (χ3v) is 12.1. The Balaban J connectivity index is -0.000000230. The van der Waals surface area contributed by atoms with Gasteiger partial charge in [-0.15, -0.1) is 0 Å². The van der Waals surface area contributed by atoms with Crippen LogP contribution in [0.2, 0.25) is 0 Å². The van der Waals surface area contributed by atoms with Gasteiger partial charge in [0.25, 0.3) is 11.8 Å². The molecule has 0 bridgehead atoms. The van der Waals surface area contributed by atoms with Crippen molar-refractivity contribution < 1.29 is 46.7 Å². The Labute approximate surface area is 421 Å². The number of alkyl halides is 3. The normalized spacial score (nSPS) is 15.0. The number of carbonyl (C=O) groups is 4. The molecule has 2 heterocycles. The lowest BCUT2D eigenvalue weighted by Gasteiger charge is -2.20. The van der Waals surface area contributed by atoms with E-state index in [0.29, 0.717) is 23.5 Å². The second-order valence-electron chi connectivity index (χ2n) is 20.5. The van der Waals surface area contributed by atoms with Gasteiger partial charge in [0.05, 0.1) is 31.0 Å². The first kappa shape index (κ1) is 73.5. The molecule has 67 heavy (non-hydrogen) atoms. The minimum atomic E-state index is -4.32. The number of rotatable bonds is 11. The van der Waals surface area contributed by atoms with E-state index in [1.807, 2.05) is 76.3 Å². The predicted molar refractivity (Wildman–Crippen MR) is 288 cm³/mol. The van der Waals surface area contributed by atoms with Gasteiger partial charge < -0.3 is 9.47 Å². The summed E-state index contributed by atoms with van der Waals surface area (Å²) in [5.74, 6) is 6.38. The Morgan fingerprint density at radius 2 is 1.24 bits per heavy atom. The van der Waals surface area contributed by atoms with Gasteiger partial charge in [-0.1, -0.05) is 149 Å². The van der Waals surface area contributed by atoms with Crippen LogP contribution >= 0.6 is 43.2 Å². The lowest BCUT2D eigenvalue weighted by molar-refractivity contribution is -0.156. The van der Waals surface area contributed by atoms with Crippen LogP contribution < -0.4 is 5.90 Å². The summed E-state index contributed by atoms with van der Waals surface area (Å²) >= 11 is 0. The van der Waals surface area contributed by atoms with Crippen molar-refractivity contribution in [2.45, 2.75) is 173 Å².